The van der Waals surface area contributed by atoms with Gasteiger partial charge in [-0.2, -0.15) is 5.10 Å². The van der Waals surface area contributed by atoms with Crippen LogP contribution in [0, 0.1) is 0 Å². The zero-order valence-corrected chi connectivity index (χ0v) is 18.8. The van der Waals surface area contributed by atoms with E-state index in [0.717, 1.165) is 40.7 Å². The van der Waals surface area contributed by atoms with Crippen LogP contribution in [0.4, 0.5) is 0 Å². The molecule has 3 aromatic heterocycles. The van der Waals surface area contributed by atoms with Crippen molar-refractivity contribution in [3.63, 3.8) is 0 Å². The molecule has 0 radical (unpaired) electrons. The minimum absolute atomic E-state index is 0.0172. The molecule has 0 bridgehead atoms. The SMILES string of the molecule is CCCC(=O)Oc1ccc(-n2ccc(CCc3ccc4c(c3)sc(=O)n4COC)n2)nc1. The summed E-state index contributed by atoms with van der Waals surface area (Å²) in [4.78, 5) is 28.0. The van der Waals surface area contributed by atoms with Crippen molar-refractivity contribution in [1.29, 1.82) is 0 Å². The normalized spacial score (nSPS) is 11.2. The maximum Gasteiger partial charge on any atom is 0.311 e. The molecule has 9 heteroatoms. The predicted molar refractivity (Wildman–Crippen MR) is 122 cm³/mol. The maximum absolute atomic E-state index is 12.1. The van der Waals surface area contributed by atoms with Crippen LogP contribution in [-0.4, -0.2) is 32.4 Å². The second kappa shape index (κ2) is 9.88. The number of nitrogens with zero attached hydrogens (tertiary/aromatic N) is 4. The summed E-state index contributed by atoms with van der Waals surface area (Å²) in [7, 11) is 1.58. The molecule has 0 saturated carbocycles. The highest BCUT2D eigenvalue weighted by atomic mass is 32.1. The summed E-state index contributed by atoms with van der Waals surface area (Å²) in [5.74, 6) is 0.818. The van der Waals surface area contributed by atoms with Gasteiger partial charge in [0.05, 0.1) is 22.1 Å². The Morgan fingerprint density at radius 1 is 1.16 bits per heavy atom. The average Bonchev–Trinajstić information content (AvgIpc) is 3.37. The number of hydrogen-bond donors (Lipinski definition) is 0. The number of aromatic nitrogens is 4. The Hall–Kier alpha value is -3.30. The number of ether oxygens (including phenoxy) is 2. The van der Waals surface area contributed by atoms with Crippen LogP contribution in [-0.2, 0) is 29.1 Å². The van der Waals surface area contributed by atoms with E-state index in [-0.39, 0.29) is 17.6 Å². The van der Waals surface area contributed by atoms with Gasteiger partial charge in [0.15, 0.2) is 5.82 Å². The molecule has 0 unspecified atom stereocenters. The van der Waals surface area contributed by atoms with Crippen LogP contribution < -0.4 is 9.61 Å². The summed E-state index contributed by atoms with van der Waals surface area (Å²) in [6, 6.07) is 11.5. The van der Waals surface area contributed by atoms with Crippen LogP contribution in [0.2, 0.25) is 0 Å². The van der Waals surface area contributed by atoms with Crippen LogP contribution in [0.3, 0.4) is 0 Å². The molecule has 0 aliphatic heterocycles. The van der Waals surface area contributed by atoms with E-state index in [2.05, 4.69) is 16.1 Å². The molecule has 0 aliphatic carbocycles. The summed E-state index contributed by atoms with van der Waals surface area (Å²) in [5, 5.41) is 4.60. The first-order valence-electron chi connectivity index (χ1n) is 10.4. The van der Waals surface area contributed by atoms with Gasteiger partial charge in [0, 0.05) is 19.7 Å². The first-order chi connectivity index (χ1) is 15.6. The Bertz CT molecular complexity index is 1270. The van der Waals surface area contributed by atoms with Gasteiger partial charge >= 0.3 is 10.8 Å². The lowest BCUT2D eigenvalue weighted by atomic mass is 10.1. The van der Waals surface area contributed by atoms with Crippen molar-refractivity contribution in [3.8, 4) is 11.6 Å². The summed E-state index contributed by atoms with van der Waals surface area (Å²) in [6.07, 6.45) is 6.09. The van der Waals surface area contributed by atoms with E-state index in [4.69, 9.17) is 9.47 Å². The van der Waals surface area contributed by atoms with E-state index in [1.54, 1.807) is 28.5 Å². The number of pyridine rings is 1. The van der Waals surface area contributed by atoms with Crippen molar-refractivity contribution in [2.45, 2.75) is 39.3 Å². The van der Waals surface area contributed by atoms with Gasteiger partial charge in [-0.25, -0.2) is 9.67 Å². The number of aryl methyl sites for hydroxylation is 2. The van der Waals surface area contributed by atoms with Gasteiger partial charge in [0.1, 0.15) is 12.5 Å². The fourth-order valence-corrected chi connectivity index (χ4v) is 4.31. The van der Waals surface area contributed by atoms with E-state index in [1.807, 2.05) is 31.3 Å². The molecule has 0 saturated heterocycles. The molecule has 0 fully saturated rings. The number of benzene rings is 1. The number of esters is 1. The number of fused-ring (bicyclic) bond motifs is 1. The molecule has 1 aromatic carbocycles. The van der Waals surface area contributed by atoms with E-state index in [1.165, 1.54) is 17.5 Å². The molecule has 3 heterocycles. The van der Waals surface area contributed by atoms with Crippen molar-refractivity contribution >= 4 is 27.5 Å². The molecule has 0 amide bonds. The number of rotatable bonds is 9. The Labute approximate surface area is 189 Å². The standard InChI is InChI=1S/C23H24N4O4S/c1-3-4-22(28)31-18-8-10-21(24-14-18)27-12-11-17(25-27)7-5-16-6-9-19-20(13-16)32-23(29)26(19)15-30-2/h6,8-14H,3-5,7,15H2,1-2H3. The number of carbonyl (C=O) groups excluding carboxylic acids is 1. The van der Waals surface area contributed by atoms with E-state index in [9.17, 15) is 9.59 Å². The number of carbonyl (C=O) groups is 1. The van der Waals surface area contributed by atoms with Crippen molar-refractivity contribution in [2.75, 3.05) is 7.11 Å². The smallest absolute Gasteiger partial charge is 0.311 e. The molecule has 4 rings (SSSR count). The first-order valence-corrected chi connectivity index (χ1v) is 11.2. The molecule has 8 nitrogen and oxygen atoms in total. The first kappa shape index (κ1) is 21.9. The van der Waals surface area contributed by atoms with E-state index >= 15 is 0 Å². The Morgan fingerprint density at radius 2 is 2.03 bits per heavy atom. The topological polar surface area (TPSA) is 88.2 Å². The molecule has 0 spiro atoms. The Balaban J connectivity index is 1.40. The fraction of sp³-hybridized carbons (Fsp3) is 0.304. The Kier molecular flexibility index (Phi) is 6.77. The molecule has 166 valence electrons. The summed E-state index contributed by atoms with van der Waals surface area (Å²) in [6.45, 7) is 2.18. The Morgan fingerprint density at radius 3 is 2.78 bits per heavy atom. The van der Waals surface area contributed by atoms with Gasteiger partial charge in [-0.05, 0) is 55.2 Å². The third-order valence-electron chi connectivity index (χ3n) is 4.95. The summed E-state index contributed by atoms with van der Waals surface area (Å²) >= 11 is 1.23. The van der Waals surface area contributed by atoms with Crippen molar-refractivity contribution in [2.24, 2.45) is 0 Å². The van der Waals surface area contributed by atoms with Gasteiger partial charge in [-0.1, -0.05) is 24.3 Å². The van der Waals surface area contributed by atoms with Crippen LogP contribution in [0.1, 0.15) is 31.0 Å². The van der Waals surface area contributed by atoms with Crippen molar-refractivity contribution in [3.05, 3.63) is 69.7 Å². The van der Waals surface area contributed by atoms with Crippen LogP contribution >= 0.6 is 11.3 Å². The molecule has 4 aromatic rings. The lowest BCUT2D eigenvalue weighted by Crippen LogP contribution is -2.13. The minimum Gasteiger partial charge on any atom is -0.425 e. The molecule has 0 aliphatic rings. The zero-order chi connectivity index (χ0) is 22.5. The third-order valence-corrected chi connectivity index (χ3v) is 5.89. The second-order valence-corrected chi connectivity index (χ2v) is 8.34. The lowest BCUT2D eigenvalue weighted by molar-refractivity contribution is -0.134. The monoisotopic (exact) mass is 452 g/mol. The molecular formula is C23H24N4O4S. The zero-order valence-electron chi connectivity index (χ0n) is 18.0. The number of thiazole rings is 1. The summed E-state index contributed by atoms with van der Waals surface area (Å²) in [5.41, 5.74) is 2.98. The van der Waals surface area contributed by atoms with Gasteiger partial charge in [-0.15, -0.1) is 0 Å². The van der Waals surface area contributed by atoms with Gasteiger partial charge in [0.25, 0.3) is 0 Å². The van der Waals surface area contributed by atoms with Gasteiger partial charge < -0.3 is 9.47 Å². The molecule has 32 heavy (non-hydrogen) atoms. The lowest BCUT2D eigenvalue weighted by Gasteiger charge is -2.05. The molecule has 0 N–H and O–H groups in total. The highest BCUT2D eigenvalue weighted by Crippen LogP contribution is 2.20. The number of methoxy groups -OCH3 is 1. The minimum atomic E-state index is -0.260. The molecular weight excluding hydrogens is 428 g/mol. The van der Waals surface area contributed by atoms with E-state index < -0.39 is 0 Å². The average molecular weight is 453 g/mol. The van der Waals surface area contributed by atoms with Crippen molar-refractivity contribution in [1.82, 2.24) is 19.3 Å². The van der Waals surface area contributed by atoms with Crippen molar-refractivity contribution < 1.29 is 14.3 Å². The predicted octanol–water partition coefficient (Wildman–Crippen LogP) is 3.74. The fourth-order valence-electron chi connectivity index (χ4n) is 3.37. The van der Waals surface area contributed by atoms with Gasteiger partial charge in [0.2, 0.25) is 0 Å². The van der Waals surface area contributed by atoms with Crippen LogP contribution in [0.5, 0.6) is 5.75 Å². The van der Waals surface area contributed by atoms with Crippen LogP contribution in [0.15, 0.2) is 53.6 Å². The maximum atomic E-state index is 12.1. The van der Waals surface area contributed by atoms with Gasteiger partial charge in [-0.3, -0.25) is 14.2 Å². The largest absolute Gasteiger partial charge is 0.425 e. The highest BCUT2D eigenvalue weighted by Gasteiger charge is 2.09. The second-order valence-electron chi connectivity index (χ2n) is 7.34. The number of hydrogen-bond acceptors (Lipinski definition) is 7. The van der Waals surface area contributed by atoms with E-state index in [0.29, 0.717) is 18.0 Å². The quantitative estimate of drug-likeness (QED) is 0.360. The summed E-state index contributed by atoms with van der Waals surface area (Å²) < 4.78 is 14.6. The van der Waals surface area contributed by atoms with Crippen LogP contribution in [0.25, 0.3) is 16.0 Å². The highest BCUT2D eigenvalue weighted by molar-refractivity contribution is 7.16. The molecule has 0 atom stereocenters. The third kappa shape index (κ3) is 4.95.